The summed E-state index contributed by atoms with van der Waals surface area (Å²) in [5, 5.41) is 2.70. The molecule has 0 aliphatic carbocycles. The topological polar surface area (TPSA) is 45.2 Å². The second-order valence-electron chi connectivity index (χ2n) is 5.76. The van der Waals surface area contributed by atoms with Crippen LogP contribution in [0.5, 0.6) is 0 Å². The van der Waals surface area contributed by atoms with Gasteiger partial charge in [-0.15, -0.1) is 0 Å². The normalized spacial score (nSPS) is 18.8. The zero-order valence-corrected chi connectivity index (χ0v) is 11.7. The maximum absolute atomic E-state index is 13.5. The van der Waals surface area contributed by atoms with Crippen molar-refractivity contribution in [2.45, 2.75) is 19.8 Å². The Morgan fingerprint density at radius 2 is 2.10 bits per heavy atom. The Morgan fingerprint density at radius 1 is 1.45 bits per heavy atom. The van der Waals surface area contributed by atoms with Crippen molar-refractivity contribution in [2.24, 2.45) is 5.41 Å². The molecular formula is C14H19F2N3O. The number of halogens is 2. The summed E-state index contributed by atoms with van der Waals surface area (Å²) in [5.74, 6) is -3.04. The lowest BCUT2D eigenvalue weighted by atomic mass is 9.80. The number of carbonyl (C=O) groups excluding carboxylic acids is 1. The smallest absolute Gasteiger partial charge is 0.254 e. The highest BCUT2D eigenvalue weighted by atomic mass is 19.2. The Hall–Kier alpha value is -1.56. The van der Waals surface area contributed by atoms with Crippen LogP contribution in [0.1, 0.15) is 30.1 Å². The fourth-order valence-corrected chi connectivity index (χ4v) is 2.32. The van der Waals surface area contributed by atoms with E-state index in [9.17, 15) is 13.6 Å². The van der Waals surface area contributed by atoms with Crippen molar-refractivity contribution in [1.29, 1.82) is 0 Å². The van der Waals surface area contributed by atoms with Gasteiger partial charge in [0.05, 0.1) is 5.56 Å². The van der Waals surface area contributed by atoms with Gasteiger partial charge in [0.1, 0.15) is 0 Å². The fourth-order valence-electron chi connectivity index (χ4n) is 2.32. The lowest BCUT2D eigenvalue weighted by Crippen LogP contribution is -2.43. The second kappa shape index (κ2) is 5.83. The molecule has 1 aromatic rings. The predicted molar refractivity (Wildman–Crippen MR) is 71.3 cm³/mol. The molecule has 1 aliphatic rings. The van der Waals surface area contributed by atoms with Gasteiger partial charge < -0.3 is 10.2 Å². The van der Waals surface area contributed by atoms with Gasteiger partial charge in [0.25, 0.3) is 5.91 Å². The number of likely N-dealkylation sites (tertiary alicyclic amines) is 1. The van der Waals surface area contributed by atoms with Gasteiger partial charge in [-0.1, -0.05) is 6.92 Å². The summed E-state index contributed by atoms with van der Waals surface area (Å²) in [5.41, 5.74) is -0.293. The molecule has 1 fully saturated rings. The van der Waals surface area contributed by atoms with Crippen LogP contribution in [0.2, 0.25) is 0 Å². The molecule has 0 radical (unpaired) electrons. The molecule has 20 heavy (non-hydrogen) atoms. The van der Waals surface area contributed by atoms with E-state index in [4.69, 9.17) is 0 Å². The third kappa shape index (κ3) is 3.30. The van der Waals surface area contributed by atoms with Crippen molar-refractivity contribution in [3.05, 3.63) is 29.6 Å². The van der Waals surface area contributed by atoms with E-state index in [0.717, 1.165) is 32.1 Å². The van der Waals surface area contributed by atoms with E-state index in [1.165, 1.54) is 6.07 Å². The zero-order chi connectivity index (χ0) is 14.8. The summed E-state index contributed by atoms with van der Waals surface area (Å²) >= 11 is 0. The van der Waals surface area contributed by atoms with Crippen LogP contribution in [0.15, 0.2) is 12.3 Å². The standard InChI is InChI=1S/C14H19F2N3O/c1-14(4-7-19(2)8-5-14)9-18-13(20)10-3-6-17-12(16)11(10)15/h3,6H,4-5,7-9H2,1-2H3,(H,18,20). The molecule has 1 saturated heterocycles. The average molecular weight is 283 g/mol. The first-order valence-corrected chi connectivity index (χ1v) is 6.68. The highest BCUT2D eigenvalue weighted by Crippen LogP contribution is 2.29. The number of pyridine rings is 1. The lowest BCUT2D eigenvalue weighted by molar-refractivity contribution is 0.0886. The van der Waals surface area contributed by atoms with Gasteiger partial charge >= 0.3 is 0 Å². The number of nitrogens with one attached hydrogen (secondary N) is 1. The fraction of sp³-hybridized carbons (Fsp3) is 0.571. The van der Waals surface area contributed by atoms with Crippen LogP contribution in [0.25, 0.3) is 0 Å². The molecule has 0 atom stereocenters. The van der Waals surface area contributed by atoms with Crippen molar-refractivity contribution in [3.63, 3.8) is 0 Å². The molecule has 0 aromatic carbocycles. The van der Waals surface area contributed by atoms with E-state index in [-0.39, 0.29) is 11.0 Å². The molecule has 1 N–H and O–H groups in total. The van der Waals surface area contributed by atoms with E-state index in [2.05, 4.69) is 29.2 Å². The van der Waals surface area contributed by atoms with Crippen LogP contribution in [-0.4, -0.2) is 42.5 Å². The van der Waals surface area contributed by atoms with Gasteiger partial charge in [-0.3, -0.25) is 4.79 Å². The Morgan fingerprint density at radius 3 is 2.75 bits per heavy atom. The minimum atomic E-state index is -1.25. The highest BCUT2D eigenvalue weighted by Gasteiger charge is 2.29. The minimum absolute atomic E-state index is 0.00419. The SMILES string of the molecule is CN1CCC(C)(CNC(=O)c2ccnc(F)c2F)CC1. The quantitative estimate of drug-likeness (QED) is 0.861. The number of rotatable bonds is 3. The molecule has 0 bridgehead atoms. The van der Waals surface area contributed by atoms with Crippen LogP contribution in [0.4, 0.5) is 8.78 Å². The summed E-state index contributed by atoms with van der Waals surface area (Å²) in [4.78, 5) is 17.3. The molecule has 0 unspecified atom stereocenters. The molecule has 2 rings (SSSR count). The third-order valence-electron chi connectivity index (χ3n) is 3.96. The Balaban J connectivity index is 1.97. The van der Waals surface area contributed by atoms with Crippen LogP contribution < -0.4 is 5.32 Å². The number of amides is 1. The largest absolute Gasteiger partial charge is 0.351 e. The van der Waals surface area contributed by atoms with E-state index >= 15 is 0 Å². The van der Waals surface area contributed by atoms with Crippen molar-refractivity contribution < 1.29 is 13.6 Å². The number of hydrogen-bond acceptors (Lipinski definition) is 3. The van der Waals surface area contributed by atoms with Crippen molar-refractivity contribution in [1.82, 2.24) is 15.2 Å². The van der Waals surface area contributed by atoms with Gasteiger partial charge in [-0.25, -0.2) is 9.37 Å². The first-order chi connectivity index (χ1) is 9.41. The third-order valence-corrected chi connectivity index (χ3v) is 3.96. The number of carbonyl (C=O) groups is 1. The van der Waals surface area contributed by atoms with Crippen molar-refractivity contribution in [2.75, 3.05) is 26.7 Å². The van der Waals surface area contributed by atoms with Gasteiger partial charge in [0, 0.05) is 12.7 Å². The van der Waals surface area contributed by atoms with Crippen LogP contribution in [-0.2, 0) is 0 Å². The maximum atomic E-state index is 13.5. The first-order valence-electron chi connectivity index (χ1n) is 6.68. The van der Waals surface area contributed by atoms with E-state index in [0.29, 0.717) is 6.54 Å². The molecule has 0 spiro atoms. The highest BCUT2D eigenvalue weighted by molar-refractivity contribution is 5.94. The minimum Gasteiger partial charge on any atom is -0.351 e. The van der Waals surface area contributed by atoms with Gasteiger partial charge in [0.15, 0.2) is 5.82 Å². The molecule has 0 saturated carbocycles. The van der Waals surface area contributed by atoms with Crippen molar-refractivity contribution >= 4 is 5.91 Å². The van der Waals surface area contributed by atoms with Crippen LogP contribution >= 0.6 is 0 Å². The number of aromatic nitrogens is 1. The predicted octanol–water partition coefficient (Wildman–Crippen LogP) is 1.82. The molecule has 1 aliphatic heterocycles. The summed E-state index contributed by atoms with van der Waals surface area (Å²) < 4.78 is 26.4. The molecule has 2 heterocycles. The molecule has 1 amide bonds. The van der Waals surface area contributed by atoms with Crippen LogP contribution in [0, 0.1) is 17.2 Å². The van der Waals surface area contributed by atoms with Crippen LogP contribution in [0.3, 0.4) is 0 Å². The summed E-state index contributed by atoms with van der Waals surface area (Å²) in [6.45, 7) is 4.52. The number of hydrogen-bond donors (Lipinski definition) is 1. The van der Waals surface area contributed by atoms with Gasteiger partial charge in [0.2, 0.25) is 5.95 Å². The Bertz CT molecular complexity index is 499. The van der Waals surface area contributed by atoms with E-state index in [1.54, 1.807) is 0 Å². The maximum Gasteiger partial charge on any atom is 0.254 e. The Kier molecular flexibility index (Phi) is 4.32. The Labute approximate surface area is 117 Å². The molecule has 6 heteroatoms. The monoisotopic (exact) mass is 283 g/mol. The second-order valence-corrected chi connectivity index (χ2v) is 5.76. The number of nitrogens with zero attached hydrogens (tertiary/aromatic N) is 2. The zero-order valence-electron chi connectivity index (χ0n) is 11.7. The average Bonchev–Trinajstić information content (AvgIpc) is 2.43. The summed E-state index contributed by atoms with van der Waals surface area (Å²) in [7, 11) is 2.06. The van der Waals surface area contributed by atoms with Gasteiger partial charge in [-0.2, -0.15) is 4.39 Å². The number of piperidine rings is 1. The molecule has 4 nitrogen and oxygen atoms in total. The molecular weight excluding hydrogens is 264 g/mol. The van der Waals surface area contributed by atoms with Gasteiger partial charge in [-0.05, 0) is 44.5 Å². The molecule has 110 valence electrons. The van der Waals surface area contributed by atoms with E-state index in [1.807, 2.05) is 0 Å². The van der Waals surface area contributed by atoms with Crippen molar-refractivity contribution in [3.8, 4) is 0 Å². The summed E-state index contributed by atoms with van der Waals surface area (Å²) in [6.07, 6.45) is 3.03. The molecule has 1 aromatic heterocycles. The first kappa shape index (κ1) is 14.8. The lowest BCUT2D eigenvalue weighted by Gasteiger charge is -2.37. The van der Waals surface area contributed by atoms with E-state index < -0.39 is 17.7 Å². The summed E-state index contributed by atoms with van der Waals surface area (Å²) in [6, 6.07) is 1.19.